The van der Waals surface area contributed by atoms with Crippen LogP contribution in [0.3, 0.4) is 0 Å². The third kappa shape index (κ3) is 3.14. The highest BCUT2D eigenvalue weighted by molar-refractivity contribution is 7.14. The monoisotopic (exact) mass is 381 g/mol. The van der Waals surface area contributed by atoms with Gasteiger partial charge in [0.25, 0.3) is 11.8 Å². The van der Waals surface area contributed by atoms with Crippen LogP contribution in [-0.4, -0.2) is 28.4 Å². The maximum Gasteiger partial charge on any atom is 0.260 e. The number of nitrogens with zero attached hydrogens (tertiary/aromatic N) is 2. The third-order valence-electron chi connectivity index (χ3n) is 4.84. The molecule has 0 unspecified atom stereocenters. The molecule has 0 aliphatic carbocycles. The highest BCUT2D eigenvalue weighted by atomic mass is 32.1. The first kappa shape index (κ1) is 17.5. The number of aryl methyl sites for hydroxylation is 1. The van der Waals surface area contributed by atoms with Crippen LogP contribution in [0.1, 0.15) is 49.6 Å². The van der Waals surface area contributed by atoms with Gasteiger partial charge in [0.05, 0.1) is 10.9 Å². The van der Waals surface area contributed by atoms with Gasteiger partial charge in [0.15, 0.2) is 0 Å². The molecule has 1 atom stereocenters. The minimum absolute atomic E-state index is 0.0616. The summed E-state index contributed by atoms with van der Waals surface area (Å²) < 4.78 is 5.35. The lowest BCUT2D eigenvalue weighted by atomic mass is 10.0. The van der Waals surface area contributed by atoms with Crippen LogP contribution in [0.2, 0.25) is 0 Å². The minimum Gasteiger partial charge on any atom is -0.365 e. The number of rotatable bonds is 4. The molecular weight excluding hydrogens is 362 g/mol. The van der Waals surface area contributed by atoms with Crippen molar-refractivity contribution >= 4 is 23.2 Å². The largest absolute Gasteiger partial charge is 0.365 e. The lowest BCUT2D eigenvalue weighted by molar-refractivity contribution is 0.0736. The van der Waals surface area contributed by atoms with E-state index >= 15 is 0 Å². The van der Waals surface area contributed by atoms with Crippen molar-refractivity contribution in [2.75, 3.05) is 6.54 Å². The first-order valence-corrected chi connectivity index (χ1v) is 9.60. The summed E-state index contributed by atoms with van der Waals surface area (Å²) >= 11 is 1.35. The highest BCUT2D eigenvalue weighted by Crippen LogP contribution is 2.38. The van der Waals surface area contributed by atoms with Gasteiger partial charge in [-0.3, -0.25) is 9.59 Å². The molecule has 0 bridgehead atoms. The summed E-state index contributed by atoms with van der Waals surface area (Å²) in [7, 11) is 0. The molecule has 1 aliphatic heterocycles. The molecule has 0 radical (unpaired) electrons. The Morgan fingerprint density at radius 1 is 1.22 bits per heavy atom. The summed E-state index contributed by atoms with van der Waals surface area (Å²) in [6.07, 6.45) is 1.76. The van der Waals surface area contributed by atoms with Crippen LogP contribution in [0.5, 0.6) is 0 Å². The average Bonchev–Trinajstić information content (AvgIpc) is 3.40. The maximum absolute atomic E-state index is 13.4. The zero-order chi connectivity index (χ0) is 19.0. The van der Waals surface area contributed by atoms with E-state index in [1.54, 1.807) is 13.0 Å². The Morgan fingerprint density at radius 2 is 2.00 bits per heavy atom. The Labute approximate surface area is 160 Å². The van der Waals surface area contributed by atoms with Gasteiger partial charge >= 0.3 is 0 Å². The second kappa shape index (κ2) is 7.00. The van der Waals surface area contributed by atoms with Crippen LogP contribution in [0.4, 0.5) is 0 Å². The number of aromatic nitrogens is 1. The number of benzene rings is 1. The first-order valence-electron chi connectivity index (χ1n) is 8.78. The van der Waals surface area contributed by atoms with E-state index in [1.807, 2.05) is 41.3 Å². The number of likely N-dealkylation sites (tertiary alicyclic amines) is 1. The minimum atomic E-state index is -0.441. The molecule has 1 fully saturated rings. The lowest BCUT2D eigenvalue weighted by Crippen LogP contribution is -2.30. The van der Waals surface area contributed by atoms with Crippen LogP contribution < -0.4 is 5.73 Å². The number of carbonyl (C=O) groups is 2. The fraction of sp³-hybridized carbons (Fsp3) is 0.250. The Morgan fingerprint density at radius 3 is 2.70 bits per heavy atom. The van der Waals surface area contributed by atoms with Crippen LogP contribution >= 0.6 is 11.3 Å². The van der Waals surface area contributed by atoms with Crippen molar-refractivity contribution in [1.29, 1.82) is 0 Å². The van der Waals surface area contributed by atoms with E-state index < -0.39 is 5.91 Å². The lowest BCUT2D eigenvalue weighted by Gasteiger charge is -2.24. The number of primary amides is 1. The number of nitrogens with two attached hydrogens (primary N) is 1. The SMILES string of the molecule is Cc1onc(-c2ccccc2)c1C(=O)N1CCC[C@@H]1c1ccc(C(N)=O)s1. The van der Waals surface area contributed by atoms with Crippen LogP contribution in [0, 0.1) is 6.92 Å². The van der Waals surface area contributed by atoms with Gasteiger partial charge in [-0.05, 0) is 31.9 Å². The van der Waals surface area contributed by atoms with Crippen molar-refractivity contribution in [3.63, 3.8) is 0 Å². The fourth-order valence-corrected chi connectivity index (χ4v) is 4.54. The van der Waals surface area contributed by atoms with Crippen LogP contribution in [0.15, 0.2) is 47.0 Å². The van der Waals surface area contributed by atoms with Crippen molar-refractivity contribution in [3.8, 4) is 11.3 Å². The Bertz CT molecular complexity index is 993. The second-order valence-electron chi connectivity index (χ2n) is 6.55. The van der Waals surface area contributed by atoms with Crippen molar-refractivity contribution in [3.05, 3.63) is 63.5 Å². The van der Waals surface area contributed by atoms with E-state index in [0.717, 1.165) is 23.3 Å². The molecule has 3 aromatic rings. The number of hydrogen-bond donors (Lipinski definition) is 1. The van der Waals surface area contributed by atoms with Gasteiger partial charge < -0.3 is 15.2 Å². The second-order valence-corrected chi connectivity index (χ2v) is 7.67. The smallest absolute Gasteiger partial charge is 0.260 e. The van der Waals surface area contributed by atoms with Gasteiger partial charge in [-0.2, -0.15) is 0 Å². The summed E-state index contributed by atoms with van der Waals surface area (Å²) in [5.41, 5.74) is 7.28. The molecule has 2 N–H and O–H groups in total. The molecule has 0 spiro atoms. The molecule has 4 rings (SSSR count). The van der Waals surface area contributed by atoms with Crippen LogP contribution in [0.25, 0.3) is 11.3 Å². The van der Waals surface area contributed by atoms with E-state index in [-0.39, 0.29) is 11.9 Å². The van der Waals surface area contributed by atoms with Gasteiger partial charge in [0.1, 0.15) is 17.0 Å². The van der Waals surface area contributed by atoms with Gasteiger partial charge in [-0.1, -0.05) is 35.5 Å². The topological polar surface area (TPSA) is 89.4 Å². The molecule has 7 heteroatoms. The van der Waals surface area contributed by atoms with Crippen molar-refractivity contribution < 1.29 is 14.1 Å². The maximum atomic E-state index is 13.4. The zero-order valence-electron chi connectivity index (χ0n) is 14.8. The normalized spacial score (nSPS) is 16.6. The summed E-state index contributed by atoms with van der Waals surface area (Å²) in [4.78, 5) is 28.1. The predicted molar refractivity (Wildman–Crippen MR) is 103 cm³/mol. The number of amides is 2. The fourth-order valence-electron chi connectivity index (χ4n) is 3.53. The molecule has 27 heavy (non-hydrogen) atoms. The summed E-state index contributed by atoms with van der Waals surface area (Å²) in [6.45, 7) is 2.42. The average molecular weight is 381 g/mol. The summed E-state index contributed by atoms with van der Waals surface area (Å²) in [6, 6.07) is 13.1. The molecular formula is C20H19N3O3S. The standard InChI is InChI=1S/C20H19N3O3S/c1-12-17(18(22-26-12)13-6-3-2-4-7-13)20(25)23-11-5-8-14(23)15-9-10-16(27-15)19(21)24/h2-4,6-7,9-10,14H,5,8,11H2,1H3,(H2,21,24)/t14-/m1/s1. The Balaban J connectivity index is 1.68. The van der Waals surface area contributed by atoms with E-state index in [0.29, 0.717) is 28.4 Å². The summed E-state index contributed by atoms with van der Waals surface area (Å²) in [5.74, 6) is -0.0268. The quantitative estimate of drug-likeness (QED) is 0.744. The number of thiophene rings is 1. The molecule has 0 saturated carbocycles. The van der Waals surface area contributed by atoms with Crippen LogP contribution in [-0.2, 0) is 0 Å². The molecule has 1 aliphatic rings. The Kier molecular flexibility index (Phi) is 4.53. The van der Waals surface area contributed by atoms with Crippen molar-refractivity contribution in [2.24, 2.45) is 5.73 Å². The molecule has 1 aromatic carbocycles. The molecule has 6 nitrogen and oxygen atoms in total. The van der Waals surface area contributed by atoms with E-state index in [1.165, 1.54) is 11.3 Å². The predicted octanol–water partition coefficient (Wildman–Crippen LogP) is 3.79. The summed E-state index contributed by atoms with van der Waals surface area (Å²) in [5, 5.41) is 4.12. The molecule has 2 aromatic heterocycles. The molecule has 3 heterocycles. The van der Waals surface area contributed by atoms with E-state index in [9.17, 15) is 9.59 Å². The van der Waals surface area contributed by atoms with Gasteiger partial charge in [0, 0.05) is 17.0 Å². The Hall–Kier alpha value is -2.93. The van der Waals surface area contributed by atoms with E-state index in [2.05, 4.69) is 5.16 Å². The molecule has 2 amide bonds. The van der Waals surface area contributed by atoms with Crippen molar-refractivity contribution in [1.82, 2.24) is 10.1 Å². The van der Waals surface area contributed by atoms with Gasteiger partial charge in [-0.15, -0.1) is 11.3 Å². The molecule has 1 saturated heterocycles. The van der Waals surface area contributed by atoms with Gasteiger partial charge in [-0.25, -0.2) is 0 Å². The number of carbonyl (C=O) groups excluding carboxylic acids is 2. The highest BCUT2D eigenvalue weighted by Gasteiger charge is 2.35. The zero-order valence-corrected chi connectivity index (χ0v) is 15.7. The molecule has 138 valence electrons. The van der Waals surface area contributed by atoms with Gasteiger partial charge in [0.2, 0.25) is 0 Å². The van der Waals surface area contributed by atoms with E-state index in [4.69, 9.17) is 10.3 Å². The van der Waals surface area contributed by atoms with Crippen molar-refractivity contribution in [2.45, 2.75) is 25.8 Å². The first-order chi connectivity index (χ1) is 13.1. The third-order valence-corrected chi connectivity index (χ3v) is 6.04. The number of hydrogen-bond acceptors (Lipinski definition) is 5.